The Bertz CT molecular complexity index is 872. The lowest BCUT2D eigenvalue weighted by Crippen LogP contribution is -2.29. The number of rotatable bonds is 10. The van der Waals surface area contributed by atoms with Gasteiger partial charge >= 0.3 is 5.97 Å². The molecule has 0 heterocycles. The van der Waals surface area contributed by atoms with Gasteiger partial charge in [-0.2, -0.15) is 0 Å². The van der Waals surface area contributed by atoms with Crippen LogP contribution in [0.25, 0.3) is 0 Å². The third kappa shape index (κ3) is 7.02. The number of aliphatic carboxylic acids is 1. The zero-order chi connectivity index (χ0) is 22.7. The number of benzene rings is 1. The fourth-order valence-corrected chi connectivity index (χ4v) is 3.17. The minimum atomic E-state index is -0.964. The Kier molecular flexibility index (Phi) is 9.39. The van der Waals surface area contributed by atoms with Crippen molar-refractivity contribution in [3.05, 3.63) is 66.0 Å². The molecule has 0 saturated carbocycles. The van der Waals surface area contributed by atoms with Gasteiger partial charge in [0.1, 0.15) is 12.4 Å². The first-order chi connectivity index (χ1) is 14.9. The van der Waals surface area contributed by atoms with Crippen molar-refractivity contribution < 1.29 is 28.8 Å². The molecule has 6 heteroatoms. The molecule has 31 heavy (non-hydrogen) atoms. The summed E-state index contributed by atoms with van der Waals surface area (Å²) in [6, 6.07) is 7.36. The molecule has 166 valence electrons. The van der Waals surface area contributed by atoms with E-state index in [1.165, 1.54) is 0 Å². The molecule has 1 aromatic carbocycles. The van der Waals surface area contributed by atoms with E-state index in [1.807, 2.05) is 55.5 Å². The van der Waals surface area contributed by atoms with E-state index in [2.05, 4.69) is 11.8 Å². The van der Waals surface area contributed by atoms with Gasteiger partial charge in [-0.05, 0) is 48.9 Å². The van der Waals surface area contributed by atoms with Crippen LogP contribution in [0.2, 0.25) is 0 Å². The number of hydrogen-bond donors (Lipinski definition) is 1. The first kappa shape index (κ1) is 24.3. The van der Waals surface area contributed by atoms with Crippen molar-refractivity contribution in [2.45, 2.75) is 37.9 Å². The van der Waals surface area contributed by atoms with Crippen LogP contribution in [0.3, 0.4) is 0 Å². The van der Waals surface area contributed by atoms with Crippen LogP contribution in [-0.4, -0.2) is 50.2 Å². The van der Waals surface area contributed by atoms with Crippen LogP contribution in [0.15, 0.2) is 60.4 Å². The normalized spacial score (nSPS) is 19.8. The smallest absolute Gasteiger partial charge is 0.333 e. The highest BCUT2D eigenvalue weighted by molar-refractivity contribution is 5.73. The topological polar surface area (TPSA) is 74.2 Å². The maximum absolute atomic E-state index is 11.4. The van der Waals surface area contributed by atoms with Gasteiger partial charge in [-0.25, -0.2) is 4.79 Å². The standard InChI is InChI=1S/C25H30O6/c1-5-30-23(24(26)27)19(2)20-11-13-21(14-12-20)31-17-8-6-7-15-25(29-4)16-9-10-22(18-25)28-3/h6,8-14,16,19,23H,5,17-18H2,1-4H3,(H,26,27)/b8-6-. The zero-order valence-electron chi connectivity index (χ0n) is 18.5. The number of carboxylic acids is 1. The summed E-state index contributed by atoms with van der Waals surface area (Å²) in [6.45, 7) is 4.33. The van der Waals surface area contributed by atoms with Gasteiger partial charge in [-0.3, -0.25) is 0 Å². The van der Waals surface area contributed by atoms with Crippen molar-refractivity contribution in [2.24, 2.45) is 0 Å². The second kappa shape index (κ2) is 12.0. The van der Waals surface area contributed by atoms with Gasteiger partial charge in [0.25, 0.3) is 0 Å². The molecule has 0 aromatic heterocycles. The maximum atomic E-state index is 11.4. The molecule has 2 rings (SSSR count). The minimum absolute atomic E-state index is 0.267. The predicted molar refractivity (Wildman–Crippen MR) is 119 cm³/mol. The van der Waals surface area contributed by atoms with E-state index in [1.54, 1.807) is 27.2 Å². The van der Waals surface area contributed by atoms with Crippen molar-refractivity contribution in [3.8, 4) is 17.6 Å². The molecular weight excluding hydrogens is 396 g/mol. The van der Waals surface area contributed by atoms with Gasteiger partial charge in [-0.15, -0.1) is 0 Å². The molecule has 3 atom stereocenters. The molecule has 0 aliphatic heterocycles. The van der Waals surface area contributed by atoms with Crippen molar-refractivity contribution in [3.63, 3.8) is 0 Å². The molecule has 1 N–H and O–H groups in total. The van der Waals surface area contributed by atoms with Crippen LogP contribution in [0.1, 0.15) is 31.7 Å². The number of hydrogen-bond acceptors (Lipinski definition) is 5. The summed E-state index contributed by atoms with van der Waals surface area (Å²) in [5.74, 6) is 6.39. The van der Waals surface area contributed by atoms with Crippen molar-refractivity contribution in [1.29, 1.82) is 0 Å². The van der Waals surface area contributed by atoms with Crippen LogP contribution in [-0.2, 0) is 19.0 Å². The fourth-order valence-electron chi connectivity index (χ4n) is 3.17. The molecule has 3 unspecified atom stereocenters. The monoisotopic (exact) mass is 426 g/mol. The molecule has 0 saturated heterocycles. The van der Waals surface area contributed by atoms with E-state index in [0.29, 0.717) is 25.4 Å². The van der Waals surface area contributed by atoms with E-state index in [-0.39, 0.29) is 5.92 Å². The molecule has 1 aliphatic carbocycles. The Balaban J connectivity index is 1.89. The molecule has 1 aliphatic rings. The van der Waals surface area contributed by atoms with Crippen LogP contribution < -0.4 is 4.74 Å². The second-order valence-electron chi connectivity index (χ2n) is 7.02. The summed E-state index contributed by atoms with van der Waals surface area (Å²) in [4.78, 5) is 11.4. The molecule has 6 nitrogen and oxygen atoms in total. The molecule has 0 amide bonds. The molecule has 0 bridgehead atoms. The van der Waals surface area contributed by atoms with Gasteiger partial charge in [0.2, 0.25) is 0 Å². The number of carboxylic acid groups (broad SMARTS) is 1. The number of ether oxygens (including phenoxy) is 4. The highest BCUT2D eigenvalue weighted by atomic mass is 16.5. The lowest BCUT2D eigenvalue weighted by Gasteiger charge is -2.26. The van der Waals surface area contributed by atoms with Gasteiger partial charge < -0.3 is 24.1 Å². The van der Waals surface area contributed by atoms with Crippen molar-refractivity contribution in [1.82, 2.24) is 0 Å². The number of allylic oxidation sites excluding steroid dienone is 3. The first-order valence-electron chi connectivity index (χ1n) is 10.2. The van der Waals surface area contributed by atoms with Crippen molar-refractivity contribution in [2.75, 3.05) is 27.4 Å². The van der Waals surface area contributed by atoms with Gasteiger partial charge in [0.05, 0.1) is 12.9 Å². The second-order valence-corrected chi connectivity index (χ2v) is 7.02. The first-order valence-corrected chi connectivity index (χ1v) is 10.2. The van der Waals surface area contributed by atoms with E-state index in [4.69, 9.17) is 18.9 Å². The minimum Gasteiger partial charge on any atom is -0.501 e. The summed E-state index contributed by atoms with van der Waals surface area (Å²) in [5.41, 5.74) is 0.192. The molecule has 0 radical (unpaired) electrons. The molecule has 0 fully saturated rings. The van der Waals surface area contributed by atoms with E-state index >= 15 is 0 Å². The third-order valence-corrected chi connectivity index (χ3v) is 4.99. The highest BCUT2D eigenvalue weighted by Crippen LogP contribution is 2.26. The van der Waals surface area contributed by atoms with Crippen molar-refractivity contribution >= 4 is 5.97 Å². The van der Waals surface area contributed by atoms with Gasteiger partial charge in [-0.1, -0.05) is 37.0 Å². The summed E-state index contributed by atoms with van der Waals surface area (Å²) < 4.78 is 21.9. The van der Waals surface area contributed by atoms with Gasteiger partial charge in [0.15, 0.2) is 11.7 Å². The largest absolute Gasteiger partial charge is 0.501 e. The Morgan fingerprint density at radius 1 is 1.29 bits per heavy atom. The Morgan fingerprint density at radius 3 is 2.65 bits per heavy atom. The zero-order valence-corrected chi connectivity index (χ0v) is 18.5. The Morgan fingerprint density at radius 2 is 2.03 bits per heavy atom. The summed E-state index contributed by atoms with van der Waals surface area (Å²) >= 11 is 0. The Labute approximate surface area is 184 Å². The average Bonchev–Trinajstić information content (AvgIpc) is 2.79. The van der Waals surface area contributed by atoms with E-state index < -0.39 is 17.7 Å². The molecular formula is C25H30O6. The Hall–Kier alpha value is -3.01. The maximum Gasteiger partial charge on any atom is 0.333 e. The lowest BCUT2D eigenvalue weighted by atomic mass is 9.94. The van der Waals surface area contributed by atoms with Crippen LogP contribution in [0.5, 0.6) is 5.75 Å². The van der Waals surface area contributed by atoms with Gasteiger partial charge in [0, 0.05) is 26.1 Å². The molecule has 0 spiro atoms. The summed E-state index contributed by atoms with van der Waals surface area (Å²) in [7, 11) is 3.26. The molecule has 1 aromatic rings. The van der Waals surface area contributed by atoms with Crippen LogP contribution in [0.4, 0.5) is 0 Å². The average molecular weight is 427 g/mol. The fraction of sp³-hybridized carbons (Fsp3) is 0.400. The third-order valence-electron chi connectivity index (χ3n) is 4.99. The SMILES string of the molecule is CCOC(C(=O)O)C(C)c1ccc(OC/C=C\C#CC2(OC)C=CC=C(OC)C2)cc1. The van der Waals surface area contributed by atoms with E-state index in [0.717, 1.165) is 11.3 Å². The summed E-state index contributed by atoms with van der Waals surface area (Å²) in [5, 5.41) is 9.33. The summed E-state index contributed by atoms with van der Waals surface area (Å²) in [6.07, 6.45) is 8.93. The van der Waals surface area contributed by atoms with Crippen LogP contribution >= 0.6 is 0 Å². The highest BCUT2D eigenvalue weighted by Gasteiger charge is 2.28. The predicted octanol–water partition coefficient (Wildman–Crippen LogP) is 4.09. The quantitative estimate of drug-likeness (QED) is 0.568. The van der Waals surface area contributed by atoms with Crippen LogP contribution in [0, 0.1) is 11.8 Å². The van der Waals surface area contributed by atoms with E-state index in [9.17, 15) is 9.90 Å². The number of carbonyl (C=O) groups is 1. The lowest BCUT2D eigenvalue weighted by molar-refractivity contribution is -0.151. The number of methoxy groups -OCH3 is 2.